The summed E-state index contributed by atoms with van der Waals surface area (Å²) in [5.74, 6) is 0.205. The third-order valence-corrected chi connectivity index (χ3v) is 3.33. The Labute approximate surface area is 128 Å². The van der Waals surface area contributed by atoms with Gasteiger partial charge in [-0.3, -0.25) is 9.59 Å². The molecule has 1 aromatic carbocycles. The minimum absolute atomic E-state index is 0.213. The van der Waals surface area contributed by atoms with E-state index in [0.29, 0.717) is 16.3 Å². The monoisotopic (exact) mass is 316 g/mol. The van der Waals surface area contributed by atoms with Crippen LogP contribution in [0.3, 0.4) is 0 Å². The summed E-state index contributed by atoms with van der Waals surface area (Å²) in [5.41, 5.74) is 0.686. The lowest BCUT2D eigenvalue weighted by Crippen LogP contribution is -2.47. The summed E-state index contributed by atoms with van der Waals surface area (Å²) in [6.07, 6.45) is 0. The van der Waals surface area contributed by atoms with Gasteiger partial charge in [-0.1, -0.05) is 17.7 Å². The van der Waals surface area contributed by atoms with E-state index in [4.69, 9.17) is 16.3 Å². The van der Waals surface area contributed by atoms with Crippen LogP contribution in [-0.2, 0) is 16.1 Å². The standard InChI is InChI=1S/C13H17ClN2O3S/c1-8(17)16-11(7-20)13(18)15-6-9-10(14)4-3-5-12(9)19-2/h3-5,11,20H,6-7H2,1-2H3,(H,15,18)(H,16,17). The maximum atomic E-state index is 11.9. The molecule has 2 N–H and O–H groups in total. The number of amides is 2. The average molecular weight is 317 g/mol. The Morgan fingerprint density at radius 2 is 2.15 bits per heavy atom. The predicted octanol–water partition coefficient (Wildman–Crippen LogP) is 1.40. The van der Waals surface area contributed by atoms with E-state index in [0.717, 1.165) is 0 Å². The molecule has 0 aliphatic heterocycles. The molecule has 1 unspecified atom stereocenters. The van der Waals surface area contributed by atoms with Crippen molar-refractivity contribution in [2.24, 2.45) is 0 Å². The molecule has 5 nitrogen and oxygen atoms in total. The fraction of sp³-hybridized carbons (Fsp3) is 0.385. The van der Waals surface area contributed by atoms with Gasteiger partial charge in [0.1, 0.15) is 11.8 Å². The Kier molecular flexibility index (Phi) is 6.67. The van der Waals surface area contributed by atoms with Crippen LogP contribution in [0.4, 0.5) is 0 Å². The van der Waals surface area contributed by atoms with E-state index in [1.54, 1.807) is 18.2 Å². The van der Waals surface area contributed by atoms with Crippen LogP contribution in [-0.4, -0.2) is 30.7 Å². The third kappa shape index (κ3) is 4.61. The lowest BCUT2D eigenvalue weighted by Gasteiger charge is -2.16. The largest absolute Gasteiger partial charge is 0.496 e. The topological polar surface area (TPSA) is 67.4 Å². The zero-order valence-electron chi connectivity index (χ0n) is 11.3. The highest BCUT2D eigenvalue weighted by Gasteiger charge is 2.18. The molecule has 1 aromatic rings. The number of thiol groups is 1. The molecule has 0 bridgehead atoms. The van der Waals surface area contributed by atoms with E-state index in [1.807, 2.05) is 0 Å². The molecule has 2 amide bonds. The molecule has 110 valence electrons. The van der Waals surface area contributed by atoms with Gasteiger partial charge in [-0.15, -0.1) is 0 Å². The van der Waals surface area contributed by atoms with Crippen molar-refractivity contribution in [3.63, 3.8) is 0 Å². The number of carbonyl (C=O) groups is 2. The molecule has 0 saturated heterocycles. The zero-order chi connectivity index (χ0) is 15.1. The predicted molar refractivity (Wildman–Crippen MR) is 81.3 cm³/mol. The van der Waals surface area contributed by atoms with E-state index < -0.39 is 6.04 Å². The lowest BCUT2D eigenvalue weighted by atomic mass is 10.2. The molecular weight excluding hydrogens is 300 g/mol. The molecule has 1 atom stereocenters. The van der Waals surface area contributed by atoms with Gasteiger partial charge >= 0.3 is 0 Å². The minimum atomic E-state index is -0.677. The molecule has 0 radical (unpaired) electrons. The number of hydrogen-bond donors (Lipinski definition) is 3. The highest BCUT2D eigenvalue weighted by atomic mass is 35.5. The highest BCUT2D eigenvalue weighted by Crippen LogP contribution is 2.25. The second kappa shape index (κ2) is 8.01. The summed E-state index contributed by atoms with van der Waals surface area (Å²) >= 11 is 10.1. The molecule has 7 heteroatoms. The number of benzene rings is 1. The lowest BCUT2D eigenvalue weighted by molar-refractivity contribution is -0.127. The summed E-state index contributed by atoms with van der Waals surface area (Å²) in [7, 11) is 1.53. The van der Waals surface area contributed by atoms with Crippen LogP contribution >= 0.6 is 24.2 Å². The second-order valence-electron chi connectivity index (χ2n) is 4.07. The second-order valence-corrected chi connectivity index (χ2v) is 4.85. The Morgan fingerprint density at radius 1 is 1.45 bits per heavy atom. The summed E-state index contributed by atoms with van der Waals surface area (Å²) in [6.45, 7) is 1.56. The molecular formula is C13H17ClN2O3S. The van der Waals surface area contributed by atoms with Gasteiger partial charge in [0.2, 0.25) is 11.8 Å². The van der Waals surface area contributed by atoms with Gasteiger partial charge in [-0.2, -0.15) is 12.6 Å². The Balaban J connectivity index is 2.71. The van der Waals surface area contributed by atoms with Gasteiger partial charge in [0.25, 0.3) is 0 Å². The minimum Gasteiger partial charge on any atom is -0.496 e. The molecule has 0 aromatic heterocycles. The van der Waals surface area contributed by atoms with Gasteiger partial charge in [0.05, 0.1) is 7.11 Å². The van der Waals surface area contributed by atoms with E-state index in [1.165, 1.54) is 14.0 Å². The average Bonchev–Trinajstić information content (AvgIpc) is 2.42. The van der Waals surface area contributed by atoms with Crippen LogP contribution in [0.2, 0.25) is 5.02 Å². The number of nitrogens with one attached hydrogen (secondary N) is 2. The molecule has 0 aliphatic rings. The maximum absolute atomic E-state index is 11.9. The van der Waals surface area contributed by atoms with Crippen LogP contribution in [0.1, 0.15) is 12.5 Å². The molecule has 0 heterocycles. The maximum Gasteiger partial charge on any atom is 0.243 e. The van der Waals surface area contributed by atoms with Gasteiger partial charge in [-0.05, 0) is 12.1 Å². The molecule has 0 fully saturated rings. The molecule has 0 spiro atoms. The van der Waals surface area contributed by atoms with Crippen molar-refractivity contribution < 1.29 is 14.3 Å². The third-order valence-electron chi connectivity index (χ3n) is 2.61. The van der Waals surface area contributed by atoms with Gasteiger partial charge in [0.15, 0.2) is 0 Å². The van der Waals surface area contributed by atoms with Crippen LogP contribution in [0.25, 0.3) is 0 Å². The van der Waals surface area contributed by atoms with Crippen molar-refractivity contribution >= 4 is 36.0 Å². The van der Waals surface area contributed by atoms with E-state index in [9.17, 15) is 9.59 Å². The van der Waals surface area contributed by atoms with E-state index in [2.05, 4.69) is 23.3 Å². The van der Waals surface area contributed by atoms with Crippen molar-refractivity contribution in [3.8, 4) is 5.75 Å². The first kappa shape index (κ1) is 16.7. The van der Waals surface area contributed by atoms with Crippen LogP contribution in [0.5, 0.6) is 5.75 Å². The van der Waals surface area contributed by atoms with Crippen LogP contribution in [0.15, 0.2) is 18.2 Å². The quantitative estimate of drug-likeness (QED) is 0.695. The van der Waals surface area contributed by atoms with Crippen molar-refractivity contribution in [1.29, 1.82) is 0 Å². The number of ether oxygens (including phenoxy) is 1. The summed E-state index contributed by atoms with van der Waals surface area (Å²) in [6, 6.07) is 4.57. The fourth-order valence-electron chi connectivity index (χ4n) is 1.64. The van der Waals surface area contributed by atoms with Crippen LogP contribution < -0.4 is 15.4 Å². The Bertz CT molecular complexity index is 497. The number of halogens is 1. The molecule has 0 saturated carbocycles. The number of carbonyl (C=O) groups excluding carboxylic acids is 2. The summed E-state index contributed by atoms with van der Waals surface area (Å²) in [5, 5.41) is 5.73. The molecule has 20 heavy (non-hydrogen) atoms. The SMILES string of the molecule is COc1cccc(Cl)c1CNC(=O)C(CS)NC(C)=O. The Hall–Kier alpha value is -1.40. The van der Waals surface area contributed by atoms with E-state index in [-0.39, 0.29) is 24.1 Å². The van der Waals surface area contributed by atoms with Crippen molar-refractivity contribution in [2.75, 3.05) is 12.9 Å². The van der Waals surface area contributed by atoms with Gasteiger partial charge < -0.3 is 15.4 Å². The number of rotatable bonds is 6. The smallest absolute Gasteiger partial charge is 0.243 e. The van der Waals surface area contributed by atoms with Crippen molar-refractivity contribution in [2.45, 2.75) is 19.5 Å². The Morgan fingerprint density at radius 3 is 2.70 bits per heavy atom. The van der Waals surface area contributed by atoms with E-state index >= 15 is 0 Å². The van der Waals surface area contributed by atoms with Gasteiger partial charge in [0, 0.05) is 29.8 Å². The normalized spacial score (nSPS) is 11.6. The number of methoxy groups -OCH3 is 1. The summed E-state index contributed by atoms with van der Waals surface area (Å²) < 4.78 is 5.19. The fourth-order valence-corrected chi connectivity index (χ4v) is 2.13. The first-order chi connectivity index (χ1) is 9.49. The molecule has 0 aliphatic carbocycles. The first-order valence-electron chi connectivity index (χ1n) is 5.96. The van der Waals surface area contributed by atoms with Crippen molar-refractivity contribution in [1.82, 2.24) is 10.6 Å². The number of hydrogen-bond acceptors (Lipinski definition) is 4. The highest BCUT2D eigenvalue weighted by molar-refractivity contribution is 7.80. The zero-order valence-corrected chi connectivity index (χ0v) is 12.9. The first-order valence-corrected chi connectivity index (χ1v) is 6.97. The van der Waals surface area contributed by atoms with Crippen molar-refractivity contribution in [3.05, 3.63) is 28.8 Å². The van der Waals surface area contributed by atoms with Gasteiger partial charge in [-0.25, -0.2) is 0 Å². The summed E-state index contributed by atoms with van der Waals surface area (Å²) in [4.78, 5) is 22.9. The van der Waals surface area contributed by atoms with Crippen LogP contribution in [0, 0.1) is 0 Å². The molecule has 1 rings (SSSR count).